The van der Waals surface area contributed by atoms with Crippen LogP contribution in [0.4, 0.5) is 0 Å². The average molecular weight is 359 g/mol. The van der Waals surface area contributed by atoms with Gasteiger partial charge in [-0.2, -0.15) is 5.10 Å². The van der Waals surface area contributed by atoms with Crippen LogP contribution < -0.4 is 5.73 Å². The lowest BCUT2D eigenvalue weighted by Crippen LogP contribution is -2.22. The minimum atomic E-state index is 0.103. The quantitative estimate of drug-likeness (QED) is 0.689. The Labute approximate surface area is 136 Å². The summed E-state index contributed by atoms with van der Waals surface area (Å²) in [6.45, 7) is 6.54. The van der Waals surface area contributed by atoms with Gasteiger partial charge in [0.1, 0.15) is 5.69 Å². The van der Waals surface area contributed by atoms with Gasteiger partial charge in [0.05, 0.1) is 17.2 Å². The molecule has 0 spiro atoms. The number of rotatable bonds is 9. The van der Waals surface area contributed by atoms with Gasteiger partial charge in [0.15, 0.2) is 5.78 Å². The van der Waals surface area contributed by atoms with Crippen LogP contribution >= 0.6 is 15.9 Å². The summed E-state index contributed by atoms with van der Waals surface area (Å²) in [5, 5.41) is 4.29. The second kappa shape index (κ2) is 8.06. The Bertz CT molecular complexity index is 468. The highest BCUT2D eigenvalue weighted by atomic mass is 79.9. The molecule has 21 heavy (non-hydrogen) atoms. The lowest BCUT2D eigenvalue weighted by Gasteiger charge is -2.23. The van der Waals surface area contributed by atoms with E-state index >= 15 is 0 Å². The van der Waals surface area contributed by atoms with Crippen molar-refractivity contribution >= 4 is 21.7 Å². The van der Waals surface area contributed by atoms with Gasteiger partial charge in [0.25, 0.3) is 0 Å². The molecule has 120 valence electrons. The van der Waals surface area contributed by atoms with Crippen molar-refractivity contribution in [3.05, 3.63) is 16.4 Å². The molecule has 0 fully saturated rings. The van der Waals surface area contributed by atoms with Crippen molar-refractivity contribution < 1.29 is 4.79 Å². The molecule has 0 aliphatic rings. The molecule has 0 aliphatic carbocycles. The van der Waals surface area contributed by atoms with Crippen LogP contribution in [-0.4, -0.2) is 47.6 Å². The van der Waals surface area contributed by atoms with Crippen molar-refractivity contribution in [1.29, 1.82) is 0 Å². The molecule has 0 saturated heterocycles. The zero-order valence-corrected chi connectivity index (χ0v) is 15.1. The molecule has 1 rings (SSSR count). The molecule has 0 atom stereocenters. The molecule has 0 amide bonds. The minimum absolute atomic E-state index is 0.103. The largest absolute Gasteiger partial charge is 0.330 e. The third-order valence-electron chi connectivity index (χ3n) is 3.67. The Morgan fingerprint density at radius 1 is 1.43 bits per heavy atom. The number of likely N-dealkylation sites (N-methyl/N-ethyl adjacent to an activating group) is 1. The Morgan fingerprint density at radius 2 is 2.10 bits per heavy atom. The number of carbonyl (C=O) groups is 1. The number of Topliss-reactive ketones (excluding diaryl/α,β-unsaturated/α-hetero) is 1. The van der Waals surface area contributed by atoms with Gasteiger partial charge in [-0.1, -0.05) is 13.8 Å². The minimum Gasteiger partial charge on any atom is -0.330 e. The molecule has 6 heteroatoms. The molecule has 0 radical (unpaired) electrons. The first-order valence-electron chi connectivity index (χ1n) is 7.36. The number of hydrogen-bond acceptors (Lipinski definition) is 4. The van der Waals surface area contributed by atoms with E-state index in [4.69, 9.17) is 5.73 Å². The Hall–Kier alpha value is -0.720. The molecular weight excluding hydrogens is 332 g/mol. The van der Waals surface area contributed by atoms with E-state index in [0.29, 0.717) is 25.2 Å². The molecule has 0 aromatic carbocycles. The lowest BCUT2D eigenvalue weighted by atomic mass is 9.83. The van der Waals surface area contributed by atoms with E-state index in [2.05, 4.69) is 39.8 Å². The van der Waals surface area contributed by atoms with E-state index in [1.54, 1.807) is 10.9 Å². The first-order valence-corrected chi connectivity index (χ1v) is 8.15. The van der Waals surface area contributed by atoms with Crippen molar-refractivity contribution in [3.63, 3.8) is 0 Å². The Morgan fingerprint density at radius 3 is 2.67 bits per heavy atom. The zero-order chi connectivity index (χ0) is 16.0. The van der Waals surface area contributed by atoms with Crippen molar-refractivity contribution in [2.24, 2.45) is 11.1 Å². The third kappa shape index (κ3) is 5.88. The summed E-state index contributed by atoms with van der Waals surface area (Å²) in [5.41, 5.74) is 6.40. The molecule has 0 bridgehead atoms. The number of ketones is 1. The normalized spacial score (nSPS) is 12.1. The second-order valence-electron chi connectivity index (χ2n) is 6.49. The summed E-state index contributed by atoms with van der Waals surface area (Å²) >= 11 is 3.44. The number of hydrogen-bond donors (Lipinski definition) is 1. The van der Waals surface area contributed by atoms with Crippen LogP contribution in [0.15, 0.2) is 10.7 Å². The lowest BCUT2D eigenvalue weighted by molar-refractivity contribution is 0.0949. The van der Waals surface area contributed by atoms with Crippen LogP contribution in [-0.2, 0) is 6.54 Å². The van der Waals surface area contributed by atoms with Gasteiger partial charge in [-0.3, -0.25) is 9.48 Å². The van der Waals surface area contributed by atoms with Gasteiger partial charge in [-0.15, -0.1) is 0 Å². The van der Waals surface area contributed by atoms with Crippen molar-refractivity contribution in [2.45, 2.75) is 39.7 Å². The van der Waals surface area contributed by atoms with Gasteiger partial charge in [-0.25, -0.2) is 0 Å². The Balaban J connectivity index is 2.71. The Kier molecular flexibility index (Phi) is 7.03. The highest BCUT2D eigenvalue weighted by Gasteiger charge is 2.22. The monoisotopic (exact) mass is 358 g/mol. The molecular formula is C15H27BrN4O. The van der Waals surface area contributed by atoms with E-state index in [1.807, 2.05) is 14.1 Å². The maximum absolute atomic E-state index is 12.5. The highest BCUT2D eigenvalue weighted by molar-refractivity contribution is 9.10. The van der Waals surface area contributed by atoms with Gasteiger partial charge in [0.2, 0.25) is 0 Å². The summed E-state index contributed by atoms with van der Waals surface area (Å²) in [6.07, 6.45) is 4.00. The van der Waals surface area contributed by atoms with E-state index in [-0.39, 0.29) is 11.2 Å². The maximum Gasteiger partial charge on any atom is 0.182 e. The number of nitrogens with zero attached hydrogens (tertiary/aromatic N) is 3. The van der Waals surface area contributed by atoms with Crippen LogP contribution in [0.25, 0.3) is 0 Å². The predicted octanol–water partition coefficient (Wildman–Crippen LogP) is 2.55. The SMILES string of the molecule is CN(C)CCn1ncc(Br)c1C(=O)CCC(C)(C)CCN. The maximum atomic E-state index is 12.5. The molecule has 0 aliphatic heterocycles. The number of nitrogens with two attached hydrogens (primary N) is 1. The van der Waals surface area contributed by atoms with Gasteiger partial charge in [0, 0.05) is 13.0 Å². The van der Waals surface area contributed by atoms with Crippen LogP contribution in [0.3, 0.4) is 0 Å². The fourth-order valence-corrected chi connectivity index (χ4v) is 2.71. The smallest absolute Gasteiger partial charge is 0.182 e. The topological polar surface area (TPSA) is 64.2 Å². The van der Waals surface area contributed by atoms with Crippen LogP contribution in [0, 0.1) is 5.41 Å². The van der Waals surface area contributed by atoms with Gasteiger partial charge in [-0.05, 0) is 54.8 Å². The van der Waals surface area contributed by atoms with Crippen LogP contribution in [0.5, 0.6) is 0 Å². The molecule has 0 unspecified atom stereocenters. The van der Waals surface area contributed by atoms with E-state index in [1.165, 1.54) is 0 Å². The summed E-state index contributed by atoms with van der Waals surface area (Å²) in [5.74, 6) is 0.142. The van der Waals surface area contributed by atoms with Crippen molar-refractivity contribution in [3.8, 4) is 0 Å². The molecule has 5 nitrogen and oxygen atoms in total. The van der Waals surface area contributed by atoms with Crippen molar-refractivity contribution in [1.82, 2.24) is 14.7 Å². The fourth-order valence-electron chi connectivity index (χ4n) is 2.19. The fraction of sp³-hybridized carbons (Fsp3) is 0.733. The summed E-state index contributed by atoms with van der Waals surface area (Å²) in [7, 11) is 4.02. The standard InChI is InChI=1S/C15H27BrN4O/c1-15(2,7-8-17)6-5-13(21)14-12(16)11-18-20(14)10-9-19(3)4/h11H,5-10,17H2,1-4H3. The van der Waals surface area contributed by atoms with E-state index < -0.39 is 0 Å². The van der Waals surface area contributed by atoms with E-state index in [0.717, 1.165) is 23.9 Å². The first-order chi connectivity index (χ1) is 9.76. The van der Waals surface area contributed by atoms with E-state index in [9.17, 15) is 4.79 Å². The van der Waals surface area contributed by atoms with Crippen LogP contribution in [0.2, 0.25) is 0 Å². The first kappa shape index (κ1) is 18.3. The molecule has 2 N–H and O–H groups in total. The van der Waals surface area contributed by atoms with Crippen LogP contribution in [0.1, 0.15) is 43.6 Å². The molecule has 1 heterocycles. The summed E-state index contributed by atoms with van der Waals surface area (Å²) < 4.78 is 2.57. The zero-order valence-electron chi connectivity index (χ0n) is 13.5. The average Bonchev–Trinajstić information content (AvgIpc) is 2.75. The second-order valence-corrected chi connectivity index (χ2v) is 7.35. The number of aromatic nitrogens is 2. The molecule has 1 aromatic heterocycles. The van der Waals surface area contributed by atoms with Gasteiger partial charge < -0.3 is 10.6 Å². The summed E-state index contributed by atoms with van der Waals surface area (Å²) in [6, 6.07) is 0. The molecule has 0 saturated carbocycles. The van der Waals surface area contributed by atoms with Gasteiger partial charge >= 0.3 is 0 Å². The number of carbonyl (C=O) groups excluding carboxylic acids is 1. The summed E-state index contributed by atoms with van der Waals surface area (Å²) in [4.78, 5) is 14.6. The highest BCUT2D eigenvalue weighted by Crippen LogP contribution is 2.28. The third-order valence-corrected chi connectivity index (χ3v) is 4.25. The predicted molar refractivity (Wildman–Crippen MR) is 89.5 cm³/mol. The molecule has 1 aromatic rings. The number of halogens is 1. The van der Waals surface area contributed by atoms with Crippen molar-refractivity contribution in [2.75, 3.05) is 27.2 Å².